The summed E-state index contributed by atoms with van der Waals surface area (Å²) >= 11 is 0. The van der Waals surface area contributed by atoms with Crippen molar-refractivity contribution in [2.24, 2.45) is 10.9 Å². The summed E-state index contributed by atoms with van der Waals surface area (Å²) in [7, 11) is 1.82. The number of guanidine groups is 1. The third kappa shape index (κ3) is 5.92. The Balaban J connectivity index is 0.00000261. The number of rotatable bonds is 4. The van der Waals surface area contributed by atoms with Crippen LogP contribution in [0.25, 0.3) is 5.82 Å². The van der Waals surface area contributed by atoms with E-state index in [0.29, 0.717) is 12.6 Å². The Morgan fingerprint density at radius 2 is 1.96 bits per heavy atom. The van der Waals surface area contributed by atoms with E-state index in [4.69, 9.17) is 0 Å². The molecule has 0 unspecified atom stereocenters. The van der Waals surface area contributed by atoms with Crippen LogP contribution >= 0.6 is 24.0 Å². The first-order valence-corrected chi connectivity index (χ1v) is 9.51. The van der Waals surface area contributed by atoms with Gasteiger partial charge in [0.15, 0.2) is 11.8 Å². The van der Waals surface area contributed by atoms with E-state index in [-0.39, 0.29) is 24.0 Å². The molecule has 0 amide bonds. The Labute approximate surface area is 179 Å². The van der Waals surface area contributed by atoms with E-state index in [2.05, 4.69) is 44.8 Å². The van der Waals surface area contributed by atoms with Gasteiger partial charge in [-0.15, -0.1) is 24.0 Å². The van der Waals surface area contributed by atoms with Crippen molar-refractivity contribution in [3.63, 3.8) is 0 Å². The molecule has 3 rings (SSSR count). The lowest BCUT2D eigenvalue weighted by Gasteiger charge is -2.28. The van der Waals surface area contributed by atoms with E-state index in [1.54, 1.807) is 0 Å². The van der Waals surface area contributed by atoms with Crippen molar-refractivity contribution < 1.29 is 0 Å². The number of hydrogen-bond acceptors (Lipinski definition) is 3. The average molecular weight is 482 g/mol. The largest absolute Gasteiger partial charge is 0.354 e. The second-order valence-electron chi connectivity index (χ2n) is 7.39. The fraction of sp³-hybridized carbons (Fsp3) is 0.550. The molecule has 0 aliphatic heterocycles. The van der Waals surface area contributed by atoms with E-state index in [1.165, 1.54) is 25.7 Å². The van der Waals surface area contributed by atoms with E-state index in [1.807, 2.05) is 37.8 Å². The minimum Gasteiger partial charge on any atom is -0.354 e. The number of hydrogen-bond donors (Lipinski definition) is 2. The first-order chi connectivity index (χ1) is 12.5. The molecule has 0 saturated heterocycles. The van der Waals surface area contributed by atoms with Gasteiger partial charge in [0.05, 0.1) is 5.69 Å². The Morgan fingerprint density at radius 1 is 1.22 bits per heavy atom. The molecule has 0 radical (unpaired) electrons. The van der Waals surface area contributed by atoms with Crippen molar-refractivity contribution in [3.8, 4) is 5.82 Å². The van der Waals surface area contributed by atoms with Crippen LogP contribution in [0, 0.1) is 19.8 Å². The minimum absolute atomic E-state index is 0. The number of halogens is 1. The van der Waals surface area contributed by atoms with Gasteiger partial charge >= 0.3 is 0 Å². The molecule has 2 N–H and O–H groups in total. The molecule has 2 aromatic rings. The molecule has 1 aliphatic carbocycles. The molecule has 0 spiro atoms. The third-order valence-electron chi connectivity index (χ3n) is 5.08. The van der Waals surface area contributed by atoms with Gasteiger partial charge in [0.2, 0.25) is 0 Å². The Morgan fingerprint density at radius 3 is 2.52 bits per heavy atom. The summed E-state index contributed by atoms with van der Waals surface area (Å²) < 4.78 is 1.87. The molecule has 1 fully saturated rings. The standard InChI is InChI=1S/C20H30N6.HI/c1-14-5-8-18(9-6-14)24-20(21-4)23-13-17-7-10-19(22-12-17)26-16(3)11-15(2)25-26;/h7,10-12,14,18H,5-6,8-9,13H2,1-4H3,(H2,21,23,24);1H. The van der Waals surface area contributed by atoms with Crippen LogP contribution in [0.4, 0.5) is 0 Å². The van der Waals surface area contributed by atoms with Crippen LogP contribution in [0.5, 0.6) is 0 Å². The van der Waals surface area contributed by atoms with E-state index < -0.39 is 0 Å². The molecule has 0 atom stereocenters. The van der Waals surface area contributed by atoms with Crippen molar-refractivity contribution in [2.45, 2.75) is 59.0 Å². The summed E-state index contributed by atoms with van der Waals surface area (Å²) in [5, 5.41) is 11.4. The van der Waals surface area contributed by atoms with Gasteiger partial charge in [-0.2, -0.15) is 5.10 Å². The highest BCUT2D eigenvalue weighted by atomic mass is 127. The predicted octanol–water partition coefficient (Wildman–Crippen LogP) is 3.75. The van der Waals surface area contributed by atoms with Crippen molar-refractivity contribution in [2.75, 3.05) is 7.05 Å². The topological polar surface area (TPSA) is 67.1 Å². The van der Waals surface area contributed by atoms with E-state index in [9.17, 15) is 0 Å². The van der Waals surface area contributed by atoms with Crippen LogP contribution < -0.4 is 10.6 Å². The number of nitrogens with one attached hydrogen (secondary N) is 2. The quantitative estimate of drug-likeness (QED) is 0.396. The maximum atomic E-state index is 4.55. The zero-order chi connectivity index (χ0) is 18.5. The van der Waals surface area contributed by atoms with Gasteiger partial charge in [-0.05, 0) is 63.1 Å². The Kier molecular flexibility index (Phi) is 8.07. The van der Waals surface area contributed by atoms with Gasteiger partial charge in [0.1, 0.15) is 0 Å². The van der Waals surface area contributed by atoms with Gasteiger partial charge in [-0.1, -0.05) is 13.0 Å². The zero-order valence-electron chi connectivity index (χ0n) is 16.7. The van der Waals surface area contributed by atoms with Gasteiger partial charge < -0.3 is 10.6 Å². The molecule has 7 heteroatoms. The van der Waals surface area contributed by atoms with Crippen LogP contribution in [0.1, 0.15) is 49.6 Å². The molecular weight excluding hydrogens is 451 g/mol. The maximum Gasteiger partial charge on any atom is 0.191 e. The van der Waals surface area contributed by atoms with Crippen LogP contribution in [-0.4, -0.2) is 33.8 Å². The summed E-state index contributed by atoms with van der Waals surface area (Å²) in [6.07, 6.45) is 6.94. The molecule has 1 saturated carbocycles. The first kappa shape index (κ1) is 21.7. The average Bonchev–Trinajstić information content (AvgIpc) is 2.99. The molecule has 148 valence electrons. The minimum atomic E-state index is 0. The lowest BCUT2D eigenvalue weighted by Crippen LogP contribution is -2.44. The fourth-order valence-electron chi connectivity index (χ4n) is 3.49. The lowest BCUT2D eigenvalue weighted by atomic mass is 9.87. The number of aromatic nitrogens is 3. The van der Waals surface area contributed by atoms with Gasteiger partial charge in [0, 0.05) is 31.5 Å². The van der Waals surface area contributed by atoms with Gasteiger partial charge in [0.25, 0.3) is 0 Å². The molecule has 0 aromatic carbocycles. The van der Waals surface area contributed by atoms with Crippen LogP contribution in [-0.2, 0) is 6.54 Å². The summed E-state index contributed by atoms with van der Waals surface area (Å²) in [5.41, 5.74) is 3.21. The highest BCUT2D eigenvalue weighted by molar-refractivity contribution is 14.0. The van der Waals surface area contributed by atoms with Crippen molar-refractivity contribution in [1.82, 2.24) is 25.4 Å². The van der Waals surface area contributed by atoms with Crippen molar-refractivity contribution >= 4 is 29.9 Å². The second-order valence-corrected chi connectivity index (χ2v) is 7.39. The van der Waals surface area contributed by atoms with Gasteiger partial charge in [-0.25, -0.2) is 9.67 Å². The molecule has 1 aliphatic rings. The molecule has 0 bridgehead atoms. The predicted molar refractivity (Wildman–Crippen MR) is 121 cm³/mol. The van der Waals surface area contributed by atoms with Crippen LogP contribution in [0.2, 0.25) is 0 Å². The van der Waals surface area contributed by atoms with E-state index in [0.717, 1.165) is 34.6 Å². The fourth-order valence-corrected chi connectivity index (χ4v) is 3.49. The van der Waals surface area contributed by atoms with E-state index >= 15 is 0 Å². The number of aliphatic imine (C=N–C) groups is 1. The monoisotopic (exact) mass is 482 g/mol. The molecule has 2 heterocycles. The van der Waals surface area contributed by atoms with Crippen molar-refractivity contribution in [1.29, 1.82) is 0 Å². The second kappa shape index (κ2) is 10.1. The molecule has 27 heavy (non-hydrogen) atoms. The lowest BCUT2D eigenvalue weighted by molar-refractivity contribution is 0.329. The van der Waals surface area contributed by atoms with Crippen molar-refractivity contribution in [3.05, 3.63) is 41.3 Å². The zero-order valence-corrected chi connectivity index (χ0v) is 19.0. The van der Waals surface area contributed by atoms with Crippen LogP contribution in [0.3, 0.4) is 0 Å². The Bertz CT molecular complexity index is 744. The molecular formula is C20H31IN6. The number of pyridine rings is 1. The highest BCUT2D eigenvalue weighted by Gasteiger charge is 2.18. The molecule has 6 nitrogen and oxygen atoms in total. The maximum absolute atomic E-state index is 4.55. The summed E-state index contributed by atoms with van der Waals surface area (Å²) in [4.78, 5) is 8.91. The first-order valence-electron chi connectivity index (χ1n) is 9.51. The summed E-state index contributed by atoms with van der Waals surface area (Å²) in [5.74, 6) is 2.57. The highest BCUT2D eigenvalue weighted by Crippen LogP contribution is 2.23. The van der Waals surface area contributed by atoms with Gasteiger partial charge in [-0.3, -0.25) is 4.99 Å². The Hall–Kier alpha value is -1.64. The molecule has 2 aromatic heterocycles. The van der Waals surface area contributed by atoms with Crippen LogP contribution in [0.15, 0.2) is 29.4 Å². The third-order valence-corrected chi connectivity index (χ3v) is 5.08. The normalized spacial score (nSPS) is 20.1. The summed E-state index contributed by atoms with van der Waals surface area (Å²) in [6.45, 7) is 7.07. The summed E-state index contributed by atoms with van der Waals surface area (Å²) in [6, 6.07) is 6.68. The smallest absolute Gasteiger partial charge is 0.191 e. The number of aryl methyl sites for hydroxylation is 2. The SMILES string of the molecule is CN=C(NCc1ccc(-n2nc(C)cc2C)nc1)NC1CCC(C)CC1.I. The number of nitrogens with zero attached hydrogens (tertiary/aromatic N) is 4.